The van der Waals surface area contributed by atoms with E-state index >= 15 is 0 Å². The molecule has 232 valence electrons. The van der Waals surface area contributed by atoms with Crippen molar-refractivity contribution >= 4 is 23.6 Å². The lowest BCUT2D eigenvalue weighted by atomic mass is 9.99. The number of benzene rings is 1. The van der Waals surface area contributed by atoms with Crippen LogP contribution in [0.4, 0.5) is 4.39 Å². The summed E-state index contributed by atoms with van der Waals surface area (Å²) >= 11 is 0. The number of morpholine rings is 1. The molecule has 4 amide bonds. The van der Waals surface area contributed by atoms with Crippen LogP contribution in [-0.2, 0) is 19.1 Å². The Kier molecular flexibility index (Phi) is 10.1. The Morgan fingerprint density at radius 3 is 2.48 bits per heavy atom. The summed E-state index contributed by atoms with van der Waals surface area (Å²) in [6.45, 7) is 11.7. The van der Waals surface area contributed by atoms with Crippen LogP contribution >= 0.6 is 0 Å². The summed E-state index contributed by atoms with van der Waals surface area (Å²) in [5.74, 6) is -1.75. The van der Waals surface area contributed by atoms with E-state index in [2.05, 4.69) is 24.5 Å². The molecule has 42 heavy (non-hydrogen) atoms. The van der Waals surface area contributed by atoms with Gasteiger partial charge >= 0.3 is 6.36 Å². The first-order chi connectivity index (χ1) is 19.9. The van der Waals surface area contributed by atoms with Gasteiger partial charge in [-0.25, -0.2) is 0 Å². The van der Waals surface area contributed by atoms with Crippen LogP contribution in [0.2, 0.25) is 0 Å². The van der Waals surface area contributed by atoms with Crippen molar-refractivity contribution in [1.29, 1.82) is 0 Å². The summed E-state index contributed by atoms with van der Waals surface area (Å²) in [6, 6.07) is 4.49. The number of halogens is 1. The number of amides is 4. The second kappa shape index (κ2) is 13.4. The molecule has 4 rings (SSSR count). The van der Waals surface area contributed by atoms with Gasteiger partial charge in [0, 0.05) is 18.6 Å². The molecule has 0 radical (unpaired) electrons. The number of nitrogens with one attached hydrogen (secondary N) is 2. The van der Waals surface area contributed by atoms with Gasteiger partial charge in [0.1, 0.15) is 17.8 Å². The molecule has 2 aliphatic heterocycles. The lowest BCUT2D eigenvalue weighted by molar-refractivity contribution is -0.151. The molecule has 1 unspecified atom stereocenters. The topological polar surface area (TPSA) is 117 Å². The molecule has 3 fully saturated rings. The van der Waals surface area contributed by atoms with Crippen LogP contribution in [0.1, 0.15) is 77.1 Å². The van der Waals surface area contributed by atoms with Crippen molar-refractivity contribution in [2.45, 2.75) is 96.7 Å². The minimum atomic E-state index is -2.30. The maximum atomic E-state index is 14.7. The highest BCUT2D eigenvalue weighted by Gasteiger charge is 2.43. The molecule has 1 aromatic rings. The summed E-state index contributed by atoms with van der Waals surface area (Å²) in [5.41, 5.74) is -0.410. The van der Waals surface area contributed by atoms with Gasteiger partial charge in [-0.3, -0.25) is 19.2 Å². The molecular weight excluding hydrogens is 543 g/mol. The lowest BCUT2D eigenvalue weighted by Gasteiger charge is -2.41. The van der Waals surface area contributed by atoms with Gasteiger partial charge in [-0.1, -0.05) is 39.8 Å². The second-order valence-electron chi connectivity index (χ2n) is 12.7. The zero-order valence-corrected chi connectivity index (χ0v) is 25.4. The van der Waals surface area contributed by atoms with Crippen molar-refractivity contribution in [1.82, 2.24) is 20.4 Å². The Balaban J connectivity index is 1.48. The van der Waals surface area contributed by atoms with Crippen LogP contribution < -0.4 is 15.4 Å². The molecule has 0 bridgehead atoms. The Morgan fingerprint density at radius 1 is 1.10 bits per heavy atom. The Hall–Kier alpha value is -3.21. The SMILES string of the molecule is CC(C)C[C@@H](NC(=O)c1ccccc1OC(F)C(=O)NC1(C)CC1)C(=O)N1CCC[C@@H]1C(=O)N1CCOC[C@H]1C(C)C. The van der Waals surface area contributed by atoms with E-state index in [1.807, 2.05) is 25.7 Å². The molecule has 1 saturated carbocycles. The van der Waals surface area contributed by atoms with E-state index in [0.29, 0.717) is 45.6 Å². The zero-order chi connectivity index (χ0) is 30.6. The third kappa shape index (κ3) is 7.59. The molecule has 1 aliphatic carbocycles. The van der Waals surface area contributed by atoms with Crippen LogP contribution in [0.25, 0.3) is 0 Å². The van der Waals surface area contributed by atoms with Gasteiger partial charge in [0.25, 0.3) is 11.8 Å². The molecule has 4 atom stereocenters. The van der Waals surface area contributed by atoms with Crippen molar-refractivity contribution in [3.8, 4) is 5.75 Å². The summed E-state index contributed by atoms with van der Waals surface area (Å²) in [4.78, 5) is 56.8. The van der Waals surface area contributed by atoms with E-state index in [9.17, 15) is 23.6 Å². The van der Waals surface area contributed by atoms with E-state index in [-0.39, 0.29) is 41.0 Å². The summed E-state index contributed by atoms with van der Waals surface area (Å²) in [5, 5.41) is 5.44. The Bertz CT molecular complexity index is 1160. The minimum absolute atomic E-state index is 0.00859. The number of carbonyl (C=O) groups is 4. The normalized spacial score (nSPS) is 23.0. The number of nitrogens with zero attached hydrogens (tertiary/aromatic N) is 2. The second-order valence-corrected chi connectivity index (χ2v) is 12.7. The first-order valence-electron chi connectivity index (χ1n) is 15.1. The number of ether oxygens (including phenoxy) is 2. The molecule has 0 aromatic heterocycles. The fourth-order valence-electron chi connectivity index (χ4n) is 5.65. The molecule has 11 heteroatoms. The number of hydrogen-bond acceptors (Lipinski definition) is 6. The molecule has 0 spiro atoms. The molecule has 1 aromatic carbocycles. The highest BCUT2D eigenvalue weighted by Crippen LogP contribution is 2.34. The third-order valence-electron chi connectivity index (χ3n) is 8.34. The monoisotopic (exact) mass is 588 g/mol. The number of para-hydroxylation sites is 1. The number of alkyl halides is 1. The molecular formula is C31H45FN4O6. The first-order valence-corrected chi connectivity index (χ1v) is 15.1. The van der Waals surface area contributed by atoms with Gasteiger partial charge in [0.2, 0.25) is 11.8 Å². The maximum absolute atomic E-state index is 14.7. The average Bonchev–Trinajstić information content (AvgIpc) is 3.47. The van der Waals surface area contributed by atoms with Crippen molar-refractivity contribution in [3.63, 3.8) is 0 Å². The number of carbonyl (C=O) groups excluding carboxylic acids is 4. The quantitative estimate of drug-likeness (QED) is 0.411. The molecule has 2 N–H and O–H groups in total. The highest BCUT2D eigenvalue weighted by atomic mass is 19.1. The van der Waals surface area contributed by atoms with Gasteiger partial charge < -0.3 is 29.9 Å². The van der Waals surface area contributed by atoms with Gasteiger partial charge in [-0.2, -0.15) is 4.39 Å². The minimum Gasteiger partial charge on any atom is -0.451 e. The summed E-state index contributed by atoms with van der Waals surface area (Å²) in [6.07, 6.45) is 0.843. The molecule has 10 nitrogen and oxygen atoms in total. The van der Waals surface area contributed by atoms with Gasteiger partial charge in [0.15, 0.2) is 0 Å². The van der Waals surface area contributed by atoms with Crippen LogP contribution in [0.3, 0.4) is 0 Å². The van der Waals surface area contributed by atoms with Gasteiger partial charge in [-0.05, 0) is 63.0 Å². The highest BCUT2D eigenvalue weighted by molar-refractivity contribution is 6.00. The largest absolute Gasteiger partial charge is 0.451 e. The Labute approximate surface area is 247 Å². The van der Waals surface area contributed by atoms with E-state index in [1.54, 1.807) is 17.0 Å². The molecule has 2 saturated heterocycles. The first kappa shape index (κ1) is 31.7. The van der Waals surface area contributed by atoms with Crippen LogP contribution in [-0.4, -0.2) is 89.8 Å². The number of rotatable bonds is 11. The predicted octanol–water partition coefficient (Wildman–Crippen LogP) is 3.05. The lowest BCUT2D eigenvalue weighted by Crippen LogP contribution is -2.58. The number of hydrogen-bond donors (Lipinski definition) is 2. The summed E-state index contributed by atoms with van der Waals surface area (Å²) < 4.78 is 25.6. The van der Waals surface area contributed by atoms with Crippen LogP contribution in [0, 0.1) is 11.8 Å². The van der Waals surface area contributed by atoms with Gasteiger partial charge in [-0.15, -0.1) is 0 Å². The molecule has 2 heterocycles. The van der Waals surface area contributed by atoms with Crippen molar-refractivity contribution < 1.29 is 33.0 Å². The standard InChI is InChI=1S/C31H45FN4O6/c1-19(2)17-22(29(39)35-14-8-10-23(35)30(40)36-15-16-41-18-24(36)20(3)4)33-27(37)21-9-6-7-11-25(21)42-26(32)28(38)34-31(5)12-13-31/h6-7,9,11,19-20,22-24,26H,8,10,12-18H2,1-5H3,(H,33,37)(H,34,38)/t22-,23-,24+,26?/m1/s1. The maximum Gasteiger partial charge on any atom is 0.316 e. The fourth-order valence-corrected chi connectivity index (χ4v) is 5.65. The Morgan fingerprint density at radius 2 is 1.81 bits per heavy atom. The van der Waals surface area contributed by atoms with E-state index in [0.717, 1.165) is 12.8 Å². The van der Waals surface area contributed by atoms with E-state index in [4.69, 9.17) is 9.47 Å². The van der Waals surface area contributed by atoms with E-state index < -0.39 is 35.8 Å². The van der Waals surface area contributed by atoms with Gasteiger partial charge in [0.05, 0.1) is 24.8 Å². The fraction of sp³-hybridized carbons (Fsp3) is 0.677. The zero-order valence-electron chi connectivity index (χ0n) is 25.4. The molecule has 3 aliphatic rings. The third-order valence-corrected chi connectivity index (χ3v) is 8.34. The predicted molar refractivity (Wildman–Crippen MR) is 154 cm³/mol. The van der Waals surface area contributed by atoms with Crippen molar-refractivity contribution in [2.24, 2.45) is 11.8 Å². The smallest absolute Gasteiger partial charge is 0.316 e. The van der Waals surface area contributed by atoms with Crippen LogP contribution in [0.15, 0.2) is 24.3 Å². The van der Waals surface area contributed by atoms with Crippen molar-refractivity contribution in [3.05, 3.63) is 29.8 Å². The summed E-state index contributed by atoms with van der Waals surface area (Å²) in [7, 11) is 0. The number of likely N-dealkylation sites (tertiary alicyclic amines) is 1. The van der Waals surface area contributed by atoms with Crippen molar-refractivity contribution in [2.75, 3.05) is 26.3 Å². The van der Waals surface area contributed by atoms with Crippen LogP contribution in [0.5, 0.6) is 5.75 Å². The van der Waals surface area contributed by atoms with E-state index in [1.165, 1.54) is 12.1 Å². The average molecular weight is 589 g/mol.